The van der Waals surface area contributed by atoms with Crippen LogP contribution in [0.4, 0.5) is 4.39 Å². The van der Waals surface area contributed by atoms with Gasteiger partial charge in [-0.05, 0) is 19.3 Å². The lowest BCUT2D eigenvalue weighted by Crippen LogP contribution is -2.67. The van der Waals surface area contributed by atoms with Crippen LogP contribution < -0.4 is 0 Å². The minimum absolute atomic E-state index is 0.381. The molecule has 17 nitrogen and oxygen atoms in total. The number of carbonyl (C=O) groups is 6. The molecule has 0 bridgehead atoms. The number of ether oxygens (including phenoxy) is 11. The minimum Gasteiger partial charge on any atom is -0.463 e. The monoisotopic (exact) mass is 680 g/mol. The summed E-state index contributed by atoms with van der Waals surface area (Å²) in [4.78, 5) is 72.3. The number of carbonyl (C=O) groups excluding carboxylic acids is 6. The lowest BCUT2D eigenvalue weighted by molar-refractivity contribution is -0.362. The van der Waals surface area contributed by atoms with Gasteiger partial charge in [-0.25, -0.2) is 4.39 Å². The zero-order valence-electron chi connectivity index (χ0n) is 26.9. The molecule has 3 rings (SSSR count). The molecule has 3 aliphatic heterocycles. The number of hydrogen-bond acceptors (Lipinski definition) is 17. The van der Waals surface area contributed by atoms with Crippen LogP contribution in [0.2, 0.25) is 0 Å². The second kappa shape index (κ2) is 17.6. The van der Waals surface area contributed by atoms with Gasteiger partial charge < -0.3 is 52.1 Å². The number of alkyl halides is 1. The van der Waals surface area contributed by atoms with E-state index in [1.807, 2.05) is 0 Å². The van der Waals surface area contributed by atoms with Crippen molar-refractivity contribution in [3.8, 4) is 0 Å². The summed E-state index contributed by atoms with van der Waals surface area (Å²) in [5.74, 6) is -5.05. The van der Waals surface area contributed by atoms with Crippen LogP contribution in [0.15, 0.2) is 0 Å². The van der Waals surface area contributed by atoms with Crippen molar-refractivity contribution in [2.45, 2.75) is 129 Å². The van der Waals surface area contributed by atoms with E-state index in [0.717, 1.165) is 54.4 Å². The third-order valence-electron chi connectivity index (χ3n) is 7.02. The molecule has 3 aliphatic rings. The highest BCUT2D eigenvalue weighted by atomic mass is 19.1. The van der Waals surface area contributed by atoms with Crippen molar-refractivity contribution in [2.75, 3.05) is 19.8 Å². The highest BCUT2D eigenvalue weighted by molar-refractivity contribution is 5.68. The molecule has 0 N–H and O–H groups in total. The molecule has 0 aromatic rings. The Kier molecular flexibility index (Phi) is 14.3. The molecular formula is C29H41FO17. The van der Waals surface area contributed by atoms with E-state index in [0.29, 0.717) is 13.0 Å². The van der Waals surface area contributed by atoms with Crippen LogP contribution in [0.5, 0.6) is 0 Å². The van der Waals surface area contributed by atoms with E-state index in [1.165, 1.54) is 0 Å². The molecule has 5 unspecified atom stereocenters. The van der Waals surface area contributed by atoms with Crippen molar-refractivity contribution in [1.29, 1.82) is 0 Å². The molecule has 0 radical (unpaired) electrons. The van der Waals surface area contributed by atoms with Crippen molar-refractivity contribution < 1.29 is 85.3 Å². The number of halogens is 1. The van der Waals surface area contributed by atoms with Gasteiger partial charge in [0.25, 0.3) is 0 Å². The molecule has 18 heteroatoms. The summed E-state index contributed by atoms with van der Waals surface area (Å²) in [5.41, 5.74) is 0. The summed E-state index contributed by atoms with van der Waals surface area (Å²) in [7, 11) is 0. The summed E-state index contributed by atoms with van der Waals surface area (Å²) >= 11 is 0. The SMILES string of the molecule is CC(=O)OCC1O[C@H](O[C@@H]2C(COC(C)=O)O[C@H](F)C(OC(C)=O)[C@H]2OC(C)=O)C(OC(C)=O)[C@@H](OC(C)=O)[C@@H]1OC1CCCCO1. The smallest absolute Gasteiger partial charge is 0.303 e. The number of rotatable bonds is 12. The lowest BCUT2D eigenvalue weighted by Gasteiger charge is -2.48. The Bertz CT molecular complexity index is 1130. The first kappa shape index (κ1) is 38.0. The molecule has 47 heavy (non-hydrogen) atoms. The molecule has 266 valence electrons. The van der Waals surface area contributed by atoms with E-state index in [4.69, 9.17) is 52.1 Å². The van der Waals surface area contributed by atoms with E-state index >= 15 is 4.39 Å². The molecule has 0 aromatic heterocycles. The number of hydrogen-bond donors (Lipinski definition) is 0. The van der Waals surface area contributed by atoms with Crippen molar-refractivity contribution in [3.63, 3.8) is 0 Å². The first-order valence-corrected chi connectivity index (χ1v) is 15.0. The lowest BCUT2D eigenvalue weighted by atomic mass is 9.96. The fourth-order valence-electron chi connectivity index (χ4n) is 5.28. The minimum atomic E-state index is -2.38. The topological polar surface area (TPSA) is 204 Å². The third kappa shape index (κ3) is 11.3. The van der Waals surface area contributed by atoms with Gasteiger partial charge in [0, 0.05) is 48.1 Å². The Hall–Kier alpha value is -3.45. The van der Waals surface area contributed by atoms with Crippen molar-refractivity contribution in [1.82, 2.24) is 0 Å². The summed E-state index contributed by atoms with van der Waals surface area (Å²) < 4.78 is 76.5. The zero-order valence-corrected chi connectivity index (χ0v) is 26.9. The van der Waals surface area contributed by atoms with Gasteiger partial charge >= 0.3 is 35.8 Å². The molecule has 0 saturated carbocycles. The van der Waals surface area contributed by atoms with E-state index in [-0.39, 0.29) is 0 Å². The summed E-state index contributed by atoms with van der Waals surface area (Å²) in [6, 6.07) is 0. The maximum absolute atomic E-state index is 15.3. The van der Waals surface area contributed by atoms with E-state index in [2.05, 4.69) is 0 Å². The van der Waals surface area contributed by atoms with Crippen LogP contribution in [0, 0.1) is 0 Å². The quantitative estimate of drug-likeness (QED) is 0.204. The molecule has 0 spiro atoms. The second-order valence-corrected chi connectivity index (χ2v) is 11.0. The molecule has 0 amide bonds. The standard InChI is InChI=1S/C29H41FO17/c1-13(31)38-11-19-23(24(40-15(3)33)26(28(30)44-19)42-17(5)35)47-29-27(43-18(6)36)25(41-16(4)34)22(20(45-29)12-39-14(2)32)46-21-9-7-8-10-37-21/h19-29H,7-12H2,1-6H3/t19?,20?,21?,22-,23-,24+,25+,26?,27?,28+,29-/m1/s1. The summed E-state index contributed by atoms with van der Waals surface area (Å²) in [6.45, 7) is 5.65. The summed E-state index contributed by atoms with van der Waals surface area (Å²) in [6.07, 6.45) is -15.3. The molecule has 11 atom stereocenters. The van der Waals surface area contributed by atoms with Crippen molar-refractivity contribution in [2.24, 2.45) is 0 Å². The van der Waals surface area contributed by atoms with Crippen molar-refractivity contribution >= 4 is 35.8 Å². The van der Waals surface area contributed by atoms with Crippen LogP contribution in [0.25, 0.3) is 0 Å². The summed E-state index contributed by atoms with van der Waals surface area (Å²) in [5, 5.41) is 0. The Morgan fingerprint density at radius 1 is 0.574 bits per heavy atom. The Balaban J connectivity index is 2.09. The normalized spacial score (nSPS) is 33.9. The predicted molar refractivity (Wildman–Crippen MR) is 147 cm³/mol. The van der Waals surface area contributed by atoms with E-state index in [9.17, 15) is 28.8 Å². The fourth-order valence-corrected chi connectivity index (χ4v) is 5.28. The first-order valence-electron chi connectivity index (χ1n) is 15.0. The molecule has 0 aromatic carbocycles. The molecular weight excluding hydrogens is 639 g/mol. The molecule has 3 fully saturated rings. The van der Waals surface area contributed by atoms with Crippen LogP contribution in [-0.2, 0) is 80.9 Å². The van der Waals surface area contributed by atoms with Gasteiger partial charge in [0.1, 0.15) is 37.6 Å². The maximum atomic E-state index is 15.3. The van der Waals surface area contributed by atoms with Crippen LogP contribution in [0.1, 0.15) is 60.8 Å². The predicted octanol–water partition coefficient (Wildman–Crippen LogP) is 0.556. The Morgan fingerprint density at radius 3 is 1.53 bits per heavy atom. The van der Waals surface area contributed by atoms with Gasteiger partial charge in [0.05, 0.1) is 0 Å². The van der Waals surface area contributed by atoms with Crippen LogP contribution >= 0.6 is 0 Å². The van der Waals surface area contributed by atoms with E-state index in [1.54, 1.807) is 0 Å². The second-order valence-electron chi connectivity index (χ2n) is 11.0. The van der Waals surface area contributed by atoms with Gasteiger partial charge in [-0.2, -0.15) is 0 Å². The van der Waals surface area contributed by atoms with Crippen LogP contribution in [0.3, 0.4) is 0 Å². The van der Waals surface area contributed by atoms with Gasteiger partial charge in [-0.15, -0.1) is 0 Å². The average Bonchev–Trinajstić information content (AvgIpc) is 2.96. The third-order valence-corrected chi connectivity index (χ3v) is 7.02. The zero-order chi connectivity index (χ0) is 34.8. The number of esters is 6. The first-order chi connectivity index (χ1) is 22.2. The van der Waals surface area contributed by atoms with Gasteiger partial charge in [0.15, 0.2) is 37.0 Å². The Labute approximate surface area is 269 Å². The maximum Gasteiger partial charge on any atom is 0.303 e. The van der Waals surface area contributed by atoms with Crippen molar-refractivity contribution in [3.05, 3.63) is 0 Å². The largest absolute Gasteiger partial charge is 0.463 e. The van der Waals surface area contributed by atoms with Gasteiger partial charge in [-0.1, -0.05) is 0 Å². The van der Waals surface area contributed by atoms with Gasteiger partial charge in [-0.3, -0.25) is 28.8 Å². The Morgan fingerprint density at radius 2 is 1.04 bits per heavy atom. The van der Waals surface area contributed by atoms with Gasteiger partial charge in [0.2, 0.25) is 6.36 Å². The fraction of sp³-hybridized carbons (Fsp3) is 0.793. The average molecular weight is 681 g/mol. The molecule has 3 saturated heterocycles. The molecule has 3 heterocycles. The van der Waals surface area contributed by atoms with Crippen LogP contribution in [-0.4, -0.2) is 123 Å². The molecule has 0 aliphatic carbocycles. The highest BCUT2D eigenvalue weighted by Gasteiger charge is 2.57. The highest BCUT2D eigenvalue weighted by Crippen LogP contribution is 2.36. The van der Waals surface area contributed by atoms with E-state index < -0.39 is 117 Å².